The van der Waals surface area contributed by atoms with Crippen molar-refractivity contribution in [2.45, 2.75) is 49.3 Å². The maximum absolute atomic E-state index is 12.4. The molecule has 0 bridgehead atoms. The average molecular weight is 329 g/mol. The van der Waals surface area contributed by atoms with Crippen molar-refractivity contribution >= 4 is 21.8 Å². The lowest BCUT2D eigenvalue weighted by atomic mass is 10.1. The van der Waals surface area contributed by atoms with E-state index in [1.165, 1.54) is 0 Å². The van der Waals surface area contributed by atoms with Crippen molar-refractivity contribution in [2.75, 3.05) is 12.3 Å². The first-order valence-corrected chi connectivity index (χ1v) is 9.82. The lowest BCUT2D eigenvalue weighted by Crippen LogP contribution is -2.36. The average Bonchev–Trinajstić information content (AvgIpc) is 2.92. The predicted molar refractivity (Wildman–Crippen MR) is 89.0 cm³/mol. The molecule has 1 aliphatic rings. The first-order valence-electron chi connectivity index (χ1n) is 7.36. The van der Waals surface area contributed by atoms with Gasteiger partial charge in [0.25, 0.3) is 0 Å². The first kappa shape index (κ1) is 16.8. The van der Waals surface area contributed by atoms with Gasteiger partial charge < -0.3 is 5.73 Å². The molecule has 0 aliphatic carbocycles. The van der Waals surface area contributed by atoms with Crippen LogP contribution in [0.15, 0.2) is 23.1 Å². The molecular weight excluding hydrogens is 304 g/mol. The molecule has 3 N–H and O–H groups in total. The van der Waals surface area contributed by atoms with Gasteiger partial charge in [-0.2, -0.15) is 11.8 Å². The minimum atomic E-state index is -3.46. The Balaban J connectivity index is 2.15. The number of hydrogen-bond donors (Lipinski definition) is 2. The lowest BCUT2D eigenvalue weighted by Gasteiger charge is -2.23. The zero-order valence-electron chi connectivity index (χ0n) is 12.7. The number of nitrogens with one attached hydrogen (secondary N) is 1. The van der Waals surface area contributed by atoms with Gasteiger partial charge in [0.05, 0.1) is 4.90 Å². The van der Waals surface area contributed by atoms with Crippen LogP contribution in [0.2, 0.25) is 0 Å². The molecule has 0 spiro atoms. The Bertz CT molecular complexity index is 594. The van der Waals surface area contributed by atoms with Crippen LogP contribution in [0, 0.1) is 0 Å². The van der Waals surface area contributed by atoms with Crippen molar-refractivity contribution in [1.29, 1.82) is 0 Å². The minimum absolute atomic E-state index is 0.0210. The fourth-order valence-corrected chi connectivity index (χ4v) is 5.17. The van der Waals surface area contributed by atoms with Gasteiger partial charge in [-0.25, -0.2) is 13.1 Å². The highest BCUT2D eigenvalue weighted by molar-refractivity contribution is 8.01. The lowest BCUT2D eigenvalue weighted by molar-refractivity contribution is 0.552. The highest BCUT2D eigenvalue weighted by atomic mass is 32.2. The summed E-state index contributed by atoms with van der Waals surface area (Å²) in [6.45, 7) is 5.01. The smallest absolute Gasteiger partial charge is 0.240 e. The van der Waals surface area contributed by atoms with E-state index in [0.29, 0.717) is 18.0 Å². The van der Waals surface area contributed by atoms with E-state index in [0.717, 1.165) is 36.1 Å². The number of benzene rings is 1. The van der Waals surface area contributed by atoms with Crippen molar-refractivity contribution in [3.05, 3.63) is 29.3 Å². The minimum Gasteiger partial charge on any atom is -0.326 e. The van der Waals surface area contributed by atoms with E-state index in [9.17, 15) is 8.42 Å². The second kappa shape index (κ2) is 6.69. The topological polar surface area (TPSA) is 72.2 Å². The van der Waals surface area contributed by atoms with Crippen LogP contribution in [0.5, 0.6) is 0 Å². The zero-order valence-corrected chi connectivity index (χ0v) is 14.3. The molecule has 21 heavy (non-hydrogen) atoms. The third kappa shape index (κ3) is 4.00. The monoisotopic (exact) mass is 328 g/mol. The Morgan fingerprint density at radius 1 is 1.38 bits per heavy atom. The van der Waals surface area contributed by atoms with Gasteiger partial charge >= 0.3 is 0 Å². The van der Waals surface area contributed by atoms with E-state index in [4.69, 9.17) is 5.73 Å². The number of thioether (sulfide) groups is 1. The highest BCUT2D eigenvalue weighted by Crippen LogP contribution is 2.37. The van der Waals surface area contributed by atoms with Crippen LogP contribution in [0.4, 0.5) is 0 Å². The van der Waals surface area contributed by atoms with Gasteiger partial charge in [-0.1, -0.05) is 13.0 Å². The maximum Gasteiger partial charge on any atom is 0.240 e. The predicted octanol–water partition coefficient (Wildman–Crippen LogP) is 2.27. The number of hydrogen-bond acceptors (Lipinski definition) is 4. The normalized spacial score (nSPS) is 22.6. The third-order valence-corrected chi connectivity index (χ3v) is 6.96. The van der Waals surface area contributed by atoms with Gasteiger partial charge in [-0.15, -0.1) is 0 Å². The summed E-state index contributed by atoms with van der Waals surface area (Å²) in [5.41, 5.74) is 7.73. The van der Waals surface area contributed by atoms with Crippen LogP contribution in [-0.2, 0) is 23.0 Å². The molecule has 1 atom stereocenters. The number of nitrogens with two attached hydrogens (primary N) is 1. The van der Waals surface area contributed by atoms with Crippen LogP contribution >= 0.6 is 11.8 Å². The second-order valence-electron chi connectivity index (χ2n) is 5.71. The second-order valence-corrected chi connectivity index (χ2v) is 9.16. The fourth-order valence-electron chi connectivity index (χ4n) is 2.61. The molecule has 118 valence electrons. The molecule has 0 aromatic heterocycles. The molecule has 4 nitrogen and oxygen atoms in total. The van der Waals surface area contributed by atoms with Gasteiger partial charge in [0.1, 0.15) is 0 Å². The van der Waals surface area contributed by atoms with Crippen molar-refractivity contribution in [1.82, 2.24) is 4.72 Å². The Labute approximate surface area is 131 Å². The highest BCUT2D eigenvalue weighted by Gasteiger charge is 2.31. The quantitative estimate of drug-likeness (QED) is 0.840. The van der Waals surface area contributed by atoms with Crippen molar-refractivity contribution < 1.29 is 8.42 Å². The van der Waals surface area contributed by atoms with E-state index in [-0.39, 0.29) is 4.75 Å². The van der Waals surface area contributed by atoms with Gasteiger partial charge in [0.15, 0.2) is 0 Å². The van der Waals surface area contributed by atoms with Crippen LogP contribution in [0.1, 0.15) is 37.8 Å². The SMILES string of the molecule is CCc1ccc(S(=O)(=O)NCC2(C)CCCS2)cc1CN. The van der Waals surface area contributed by atoms with Gasteiger partial charge in [-0.05, 0) is 55.2 Å². The van der Waals surface area contributed by atoms with Crippen molar-refractivity contribution in [2.24, 2.45) is 5.73 Å². The third-order valence-electron chi connectivity index (χ3n) is 4.03. The molecule has 1 fully saturated rings. The van der Waals surface area contributed by atoms with E-state index < -0.39 is 10.0 Å². The Morgan fingerprint density at radius 3 is 2.71 bits per heavy atom. The van der Waals surface area contributed by atoms with Crippen LogP contribution in [0.3, 0.4) is 0 Å². The molecule has 2 rings (SSSR count). The molecule has 6 heteroatoms. The molecule has 1 saturated heterocycles. The molecule has 0 radical (unpaired) electrons. The molecule has 1 heterocycles. The number of rotatable bonds is 6. The Morgan fingerprint density at radius 2 is 2.14 bits per heavy atom. The van der Waals surface area contributed by atoms with Crippen molar-refractivity contribution in [3.63, 3.8) is 0 Å². The van der Waals surface area contributed by atoms with E-state index in [2.05, 4.69) is 11.6 Å². The summed E-state index contributed by atoms with van der Waals surface area (Å²) in [5, 5.41) is 0. The number of aryl methyl sites for hydroxylation is 1. The van der Waals surface area contributed by atoms with Crippen LogP contribution in [-0.4, -0.2) is 25.5 Å². The molecule has 0 saturated carbocycles. The van der Waals surface area contributed by atoms with E-state index >= 15 is 0 Å². The molecule has 1 aliphatic heterocycles. The van der Waals surface area contributed by atoms with Gasteiger partial charge in [0.2, 0.25) is 10.0 Å². The zero-order chi connectivity index (χ0) is 15.5. The summed E-state index contributed by atoms with van der Waals surface area (Å²) in [5.74, 6) is 1.11. The summed E-state index contributed by atoms with van der Waals surface area (Å²) < 4.78 is 27.7. The van der Waals surface area contributed by atoms with Crippen LogP contribution < -0.4 is 10.5 Å². The summed E-state index contributed by atoms with van der Waals surface area (Å²) in [6.07, 6.45) is 3.07. The van der Waals surface area contributed by atoms with Gasteiger partial charge in [0, 0.05) is 17.8 Å². The molecule has 0 amide bonds. The van der Waals surface area contributed by atoms with Gasteiger partial charge in [-0.3, -0.25) is 0 Å². The molecule has 1 aromatic carbocycles. The molecule has 1 aromatic rings. The van der Waals surface area contributed by atoms with E-state index in [1.807, 2.05) is 24.8 Å². The molecular formula is C15H24N2O2S2. The largest absolute Gasteiger partial charge is 0.326 e. The standard InChI is InChI=1S/C15H24N2O2S2/c1-3-12-5-6-14(9-13(12)10-16)21(18,19)17-11-15(2)7-4-8-20-15/h5-6,9,17H,3-4,7-8,10-11,16H2,1-2H3. The Hall–Kier alpha value is -0.560. The summed E-state index contributed by atoms with van der Waals surface area (Å²) in [7, 11) is -3.46. The first-order chi connectivity index (χ1) is 9.90. The summed E-state index contributed by atoms with van der Waals surface area (Å²) in [4.78, 5) is 0.312. The van der Waals surface area contributed by atoms with Crippen molar-refractivity contribution in [3.8, 4) is 0 Å². The van der Waals surface area contributed by atoms with Crippen LogP contribution in [0.25, 0.3) is 0 Å². The molecule has 1 unspecified atom stereocenters. The fraction of sp³-hybridized carbons (Fsp3) is 0.600. The maximum atomic E-state index is 12.4. The summed E-state index contributed by atoms with van der Waals surface area (Å²) >= 11 is 1.85. The Kier molecular flexibility index (Phi) is 5.35. The summed E-state index contributed by atoms with van der Waals surface area (Å²) in [6, 6.07) is 5.23. The van der Waals surface area contributed by atoms with E-state index in [1.54, 1.807) is 12.1 Å². The number of sulfonamides is 1.